The minimum Gasteiger partial charge on any atom is -0.481 e. The summed E-state index contributed by atoms with van der Waals surface area (Å²) < 4.78 is 5.65. The van der Waals surface area contributed by atoms with Gasteiger partial charge in [-0.25, -0.2) is 9.97 Å². The van der Waals surface area contributed by atoms with Crippen molar-refractivity contribution in [3.05, 3.63) is 100 Å². The number of benzene rings is 3. The van der Waals surface area contributed by atoms with Crippen LogP contribution in [-0.4, -0.2) is 54.1 Å². The smallest absolute Gasteiger partial charge is 0.220 e. The summed E-state index contributed by atoms with van der Waals surface area (Å²) in [5.74, 6) is 0.743. The third kappa shape index (κ3) is 7.46. The fourth-order valence-electron chi connectivity index (χ4n) is 6.67. The van der Waals surface area contributed by atoms with Crippen molar-refractivity contribution in [1.82, 2.24) is 31.2 Å². The van der Waals surface area contributed by atoms with E-state index in [0.29, 0.717) is 54.1 Å². The molecule has 9 nitrogen and oxygen atoms in total. The van der Waals surface area contributed by atoms with Gasteiger partial charge < -0.3 is 26.0 Å². The monoisotopic (exact) mass is 708 g/mol. The quantitative estimate of drug-likeness (QED) is 0.114. The van der Waals surface area contributed by atoms with E-state index in [4.69, 9.17) is 37.9 Å². The molecule has 7 rings (SSSR count). The summed E-state index contributed by atoms with van der Waals surface area (Å²) in [7, 11) is 1.61. The first kappa shape index (κ1) is 33.9. The molecule has 2 aromatic heterocycles. The summed E-state index contributed by atoms with van der Waals surface area (Å²) in [4.78, 5) is 32.7. The highest BCUT2D eigenvalue weighted by molar-refractivity contribution is 6.39. The van der Waals surface area contributed by atoms with Crippen LogP contribution in [0.5, 0.6) is 5.88 Å². The number of rotatable bonds is 12. The number of nitrogens with one attached hydrogen (secondary N) is 4. The predicted octanol–water partition coefficient (Wildman–Crippen LogP) is 6.68. The molecular formula is C39H38Cl2N6O3. The van der Waals surface area contributed by atoms with Crippen molar-refractivity contribution in [2.45, 2.75) is 50.9 Å². The molecule has 3 aromatic carbocycles. The van der Waals surface area contributed by atoms with E-state index in [1.54, 1.807) is 7.11 Å². The Morgan fingerprint density at radius 3 is 1.90 bits per heavy atom. The van der Waals surface area contributed by atoms with Crippen LogP contribution in [0.1, 0.15) is 36.8 Å². The molecule has 0 bridgehead atoms. The number of fused-ring (bicyclic) bond motifs is 1. The lowest BCUT2D eigenvalue weighted by atomic mass is 9.98. The normalized spacial score (nSPS) is 17.3. The maximum atomic E-state index is 11.5. The average molecular weight is 710 g/mol. The molecule has 2 saturated heterocycles. The van der Waals surface area contributed by atoms with Crippen LogP contribution in [0.4, 0.5) is 0 Å². The molecular weight excluding hydrogens is 671 g/mol. The number of carbonyl (C=O) groups is 2. The van der Waals surface area contributed by atoms with E-state index in [1.807, 2.05) is 60.7 Å². The fraction of sp³-hybridized carbons (Fsp3) is 0.282. The van der Waals surface area contributed by atoms with Gasteiger partial charge in [-0.15, -0.1) is 0 Å². The topological polar surface area (TPSA) is 117 Å². The van der Waals surface area contributed by atoms with E-state index in [1.165, 1.54) is 0 Å². The number of ether oxygens (including phenoxy) is 1. The molecule has 0 unspecified atom stereocenters. The van der Waals surface area contributed by atoms with Crippen LogP contribution in [0.3, 0.4) is 0 Å². The predicted molar refractivity (Wildman–Crippen MR) is 198 cm³/mol. The summed E-state index contributed by atoms with van der Waals surface area (Å²) in [5, 5.41) is 15.0. The second-order valence-electron chi connectivity index (χ2n) is 12.8. The zero-order chi connectivity index (χ0) is 34.6. The number of hydrogen-bond acceptors (Lipinski definition) is 7. The van der Waals surface area contributed by atoms with Gasteiger partial charge in [0.25, 0.3) is 0 Å². The van der Waals surface area contributed by atoms with Gasteiger partial charge in [0, 0.05) is 84.3 Å². The summed E-state index contributed by atoms with van der Waals surface area (Å²) >= 11 is 14.2. The van der Waals surface area contributed by atoms with Crippen LogP contribution in [0, 0.1) is 0 Å². The van der Waals surface area contributed by atoms with Crippen molar-refractivity contribution in [3.8, 4) is 39.5 Å². The first-order valence-corrected chi connectivity index (χ1v) is 17.6. The maximum Gasteiger partial charge on any atom is 0.220 e. The van der Waals surface area contributed by atoms with Gasteiger partial charge in [0.15, 0.2) is 0 Å². The second-order valence-corrected chi connectivity index (χ2v) is 13.5. The molecule has 0 spiro atoms. The second kappa shape index (κ2) is 15.1. The van der Waals surface area contributed by atoms with Gasteiger partial charge in [-0.3, -0.25) is 9.59 Å². The Morgan fingerprint density at radius 1 is 0.720 bits per heavy atom. The number of nitrogens with zero attached hydrogens (tertiary/aromatic N) is 2. The molecule has 256 valence electrons. The number of carbonyl (C=O) groups excluding carboxylic acids is 2. The lowest BCUT2D eigenvalue weighted by molar-refractivity contribution is -0.120. The van der Waals surface area contributed by atoms with E-state index >= 15 is 0 Å². The molecule has 2 amide bonds. The number of pyridine rings is 2. The molecule has 0 saturated carbocycles. The summed E-state index contributed by atoms with van der Waals surface area (Å²) in [5.41, 5.74) is 7.55. The van der Waals surface area contributed by atoms with E-state index < -0.39 is 0 Å². The van der Waals surface area contributed by atoms with Crippen LogP contribution in [0.15, 0.2) is 78.9 Å². The summed E-state index contributed by atoms with van der Waals surface area (Å²) in [6.07, 6.45) is 2.90. The van der Waals surface area contributed by atoms with Crippen LogP contribution < -0.4 is 26.0 Å². The highest BCUT2D eigenvalue weighted by atomic mass is 35.5. The number of halogens is 2. The Kier molecular flexibility index (Phi) is 10.3. The van der Waals surface area contributed by atoms with Crippen molar-refractivity contribution in [2.75, 3.05) is 20.2 Å². The number of methoxy groups -OCH3 is 1. The van der Waals surface area contributed by atoms with Gasteiger partial charge in [0.05, 0.1) is 34.1 Å². The van der Waals surface area contributed by atoms with Gasteiger partial charge in [-0.1, -0.05) is 77.8 Å². The highest BCUT2D eigenvalue weighted by Crippen LogP contribution is 2.42. The Balaban J connectivity index is 1.08. The third-order valence-corrected chi connectivity index (χ3v) is 10.1. The zero-order valence-corrected chi connectivity index (χ0v) is 29.2. The Hall–Kier alpha value is -4.54. The Bertz CT molecular complexity index is 2070. The molecule has 2 aliphatic heterocycles. The summed E-state index contributed by atoms with van der Waals surface area (Å²) in [6.45, 7) is 2.70. The van der Waals surface area contributed by atoms with Gasteiger partial charge in [0.1, 0.15) is 0 Å². The van der Waals surface area contributed by atoms with Crippen molar-refractivity contribution >= 4 is 45.9 Å². The van der Waals surface area contributed by atoms with Crippen LogP contribution >= 0.6 is 23.2 Å². The minimum atomic E-state index is 0.102. The molecule has 0 aliphatic carbocycles. The first-order valence-electron chi connectivity index (χ1n) is 16.9. The molecule has 4 N–H and O–H groups in total. The standard InChI is InChI=1S/C39H38Cl2N6O3/c1-50-39-25(20-43-22-27-12-17-36(49)45-27)10-15-34(47-39)31-7-3-5-29(38(31)41)28-4-2-6-30(37(28)40)33-14-9-24-18-23(8-13-32(24)46-33)19-42-21-26-11-16-35(48)44-26/h2-10,13-15,18,26-27,42-43H,11-12,16-17,19-22H2,1H3,(H,44,48)(H,45,49)/t26-,27+/m0/s1. The fourth-order valence-corrected chi connectivity index (χ4v) is 7.32. The third-order valence-electron chi connectivity index (χ3n) is 9.32. The molecule has 2 fully saturated rings. The van der Waals surface area contributed by atoms with E-state index in [2.05, 4.69) is 39.5 Å². The van der Waals surface area contributed by atoms with E-state index in [9.17, 15) is 9.59 Å². The Morgan fingerprint density at radius 2 is 1.30 bits per heavy atom. The van der Waals surface area contributed by atoms with Crippen molar-refractivity contribution < 1.29 is 14.3 Å². The summed E-state index contributed by atoms with van der Waals surface area (Å²) in [6, 6.07) is 26.3. The molecule has 5 aromatic rings. The minimum absolute atomic E-state index is 0.102. The maximum absolute atomic E-state index is 11.5. The molecule has 50 heavy (non-hydrogen) atoms. The number of amides is 2. The largest absolute Gasteiger partial charge is 0.481 e. The molecule has 0 radical (unpaired) electrons. The van der Waals surface area contributed by atoms with Gasteiger partial charge in [-0.05, 0) is 42.7 Å². The van der Waals surface area contributed by atoms with Crippen molar-refractivity contribution in [3.63, 3.8) is 0 Å². The van der Waals surface area contributed by atoms with Crippen LogP contribution in [-0.2, 0) is 22.7 Å². The van der Waals surface area contributed by atoms with Crippen LogP contribution in [0.25, 0.3) is 44.5 Å². The lowest BCUT2D eigenvalue weighted by Gasteiger charge is -2.16. The lowest BCUT2D eigenvalue weighted by Crippen LogP contribution is -2.35. The highest BCUT2D eigenvalue weighted by Gasteiger charge is 2.22. The molecule has 11 heteroatoms. The zero-order valence-electron chi connectivity index (χ0n) is 27.7. The number of hydrogen-bond donors (Lipinski definition) is 4. The molecule has 2 atom stereocenters. The van der Waals surface area contributed by atoms with E-state index in [-0.39, 0.29) is 23.9 Å². The SMILES string of the molecule is COc1nc(-c2cccc(-c3cccc(-c4ccc5cc(CNC[C@@H]6CCC(=O)N6)ccc5n4)c3Cl)c2Cl)ccc1CNC[C@H]1CCC(=O)N1. The average Bonchev–Trinajstić information content (AvgIpc) is 3.75. The molecule has 4 heterocycles. The first-order chi connectivity index (χ1) is 24.4. The Labute approximate surface area is 301 Å². The van der Waals surface area contributed by atoms with Crippen molar-refractivity contribution in [2.24, 2.45) is 0 Å². The van der Waals surface area contributed by atoms with Gasteiger partial charge >= 0.3 is 0 Å². The van der Waals surface area contributed by atoms with Crippen molar-refractivity contribution in [1.29, 1.82) is 0 Å². The van der Waals surface area contributed by atoms with Gasteiger partial charge in [0.2, 0.25) is 17.7 Å². The van der Waals surface area contributed by atoms with Gasteiger partial charge in [-0.2, -0.15) is 0 Å². The van der Waals surface area contributed by atoms with Crippen LogP contribution in [0.2, 0.25) is 10.0 Å². The van der Waals surface area contributed by atoms with E-state index in [0.717, 1.165) is 69.4 Å². The molecule has 2 aliphatic rings. The number of aromatic nitrogens is 2.